The predicted molar refractivity (Wildman–Crippen MR) is 301 cm³/mol. The van der Waals surface area contributed by atoms with E-state index < -0.39 is 6.85 Å². The Kier molecular flexibility index (Phi) is 11.3. The number of fused-ring (bicyclic) bond motifs is 5. The number of rotatable bonds is 8. The molecule has 0 amide bonds. The maximum absolute atomic E-state index is 8.72. The number of para-hydroxylation sites is 3. The number of ether oxygens (including phenoxy) is 1. The third-order valence-corrected chi connectivity index (χ3v) is 16.0. The van der Waals surface area contributed by atoms with Crippen LogP contribution in [0.25, 0.3) is 77.7 Å². The third kappa shape index (κ3) is 8.59. The van der Waals surface area contributed by atoms with E-state index in [9.17, 15) is 0 Å². The fourth-order valence-electron chi connectivity index (χ4n) is 11.0. The van der Waals surface area contributed by atoms with E-state index in [1.54, 1.807) is 12.3 Å². The van der Waals surface area contributed by atoms with E-state index in [0.717, 1.165) is 79.1 Å². The van der Waals surface area contributed by atoms with E-state index in [1.807, 2.05) is 47.0 Å². The van der Waals surface area contributed by atoms with E-state index >= 15 is 0 Å². The summed E-state index contributed by atoms with van der Waals surface area (Å²) in [6.07, 6.45) is 5.73. The van der Waals surface area contributed by atoms with Gasteiger partial charge in [0.25, 0.3) is 0 Å². The minimum absolute atomic E-state index is 0.0317. The molecule has 12 rings (SSSR count). The molecule has 0 aliphatic heterocycles. The number of hydrogen-bond acceptors (Lipinski definition) is 2. The van der Waals surface area contributed by atoms with Gasteiger partial charge in [0.15, 0.2) is 0 Å². The number of aromatic nitrogens is 4. The molecular formula is C68H60N4OPt-2. The number of nitrogens with zero attached hydrogens (tertiary/aromatic N) is 4. The average molecular weight is 1150 g/mol. The summed E-state index contributed by atoms with van der Waals surface area (Å²) in [5, 5.41) is 1.96. The van der Waals surface area contributed by atoms with Crippen LogP contribution in [0.4, 0.5) is 0 Å². The van der Waals surface area contributed by atoms with Gasteiger partial charge in [0.2, 0.25) is 0 Å². The summed E-state index contributed by atoms with van der Waals surface area (Å²) in [5.41, 5.74) is 16.2. The van der Waals surface area contributed by atoms with Gasteiger partial charge in [-0.3, -0.25) is 0 Å². The monoisotopic (exact) mass is 1150 g/mol. The van der Waals surface area contributed by atoms with Crippen molar-refractivity contribution in [2.45, 2.75) is 90.9 Å². The smallest absolute Gasteiger partial charge is 0.238 e. The molecule has 0 bridgehead atoms. The second-order valence-corrected chi connectivity index (χ2v) is 22.8. The van der Waals surface area contributed by atoms with Gasteiger partial charge in [-0.1, -0.05) is 63.2 Å². The van der Waals surface area contributed by atoms with Crippen molar-refractivity contribution in [3.05, 3.63) is 226 Å². The Hall–Kier alpha value is -7.33. The zero-order valence-electron chi connectivity index (χ0n) is 45.7. The quantitative estimate of drug-likeness (QED) is 0.112. The average Bonchev–Trinajstić information content (AvgIpc) is 4.09. The zero-order valence-corrected chi connectivity index (χ0v) is 45.0. The van der Waals surface area contributed by atoms with Gasteiger partial charge in [-0.15, -0.1) is 0 Å². The number of hydrogen-bond donors (Lipinski definition) is 0. The molecule has 5 nitrogen and oxygen atoms in total. The van der Waals surface area contributed by atoms with E-state index in [4.69, 9.17) is 13.8 Å². The molecule has 8 aromatic carbocycles. The summed E-state index contributed by atoms with van der Waals surface area (Å²) in [6, 6.07) is 69.1. The van der Waals surface area contributed by atoms with Crippen molar-refractivity contribution in [3.8, 4) is 56.4 Å². The van der Waals surface area contributed by atoms with Crippen LogP contribution in [0.15, 0.2) is 182 Å². The Morgan fingerprint density at radius 3 is 1.86 bits per heavy atom. The summed E-state index contributed by atoms with van der Waals surface area (Å²) in [5.74, 6) is 1.62. The summed E-state index contributed by atoms with van der Waals surface area (Å²) in [4.78, 5) is 5.00. The van der Waals surface area contributed by atoms with E-state index in [0.29, 0.717) is 22.9 Å². The van der Waals surface area contributed by atoms with Crippen LogP contribution in [0.2, 0.25) is 0 Å². The molecule has 3 aromatic heterocycles. The van der Waals surface area contributed by atoms with Crippen LogP contribution in [0, 0.1) is 22.8 Å². The summed E-state index contributed by atoms with van der Waals surface area (Å²) >= 11 is 2.58. The van der Waals surface area contributed by atoms with Crippen LogP contribution in [-0.4, -0.2) is 18.7 Å². The first kappa shape index (κ1) is 44.2. The van der Waals surface area contributed by atoms with Gasteiger partial charge in [0.1, 0.15) is 0 Å². The van der Waals surface area contributed by atoms with E-state index in [2.05, 4.69) is 210 Å². The summed E-state index contributed by atoms with van der Waals surface area (Å²) < 4.78 is 41.2. The second kappa shape index (κ2) is 18.9. The predicted octanol–water partition coefficient (Wildman–Crippen LogP) is 17.6. The van der Waals surface area contributed by atoms with Crippen molar-refractivity contribution in [3.63, 3.8) is 0 Å². The molecule has 1 aliphatic carbocycles. The first-order valence-corrected chi connectivity index (χ1v) is 26.9. The topological polar surface area (TPSA) is 36.9 Å². The third-order valence-electron chi connectivity index (χ3n) is 14.9. The molecule has 370 valence electrons. The summed E-state index contributed by atoms with van der Waals surface area (Å²) in [7, 11) is 0. The molecule has 11 aromatic rings. The van der Waals surface area contributed by atoms with Gasteiger partial charge in [0, 0.05) is 15.9 Å². The Balaban J connectivity index is 0.976. The molecule has 0 fully saturated rings. The van der Waals surface area contributed by atoms with Crippen molar-refractivity contribution in [1.82, 2.24) is 18.7 Å². The van der Waals surface area contributed by atoms with Crippen LogP contribution in [-0.2, 0) is 36.6 Å². The van der Waals surface area contributed by atoms with Gasteiger partial charge >= 0.3 is 328 Å². The van der Waals surface area contributed by atoms with Crippen molar-refractivity contribution in [2.75, 3.05) is 0 Å². The van der Waals surface area contributed by atoms with Crippen LogP contribution >= 0.6 is 0 Å². The van der Waals surface area contributed by atoms with Crippen molar-refractivity contribution >= 4 is 32.8 Å². The van der Waals surface area contributed by atoms with Gasteiger partial charge in [-0.2, -0.15) is 0 Å². The van der Waals surface area contributed by atoms with Crippen LogP contribution in [0.5, 0.6) is 11.5 Å². The molecule has 3 heterocycles. The molecule has 0 N–H and O–H groups in total. The Bertz CT molecular complexity index is 4040. The zero-order chi connectivity index (χ0) is 53.4. The van der Waals surface area contributed by atoms with Gasteiger partial charge < -0.3 is 0 Å². The SMILES string of the molecule is [2H]C([2H])([2H])c1cc(-n2c3[c-]c(Oc4[c-]c5c(cc4)CCCCC5n4[c](=[Pt])n(-c5c(-c6ccccc6)cc(C(C)(C)C)cc5-c5ccccc5)c5ccccc54)ccc3c3ccccc32)ncc1-c1ccc(C(C)(C)C)cc1. The minimum atomic E-state index is -2.40. The van der Waals surface area contributed by atoms with Crippen LogP contribution in [0.3, 0.4) is 0 Å². The Morgan fingerprint density at radius 2 is 1.19 bits per heavy atom. The van der Waals surface area contributed by atoms with E-state index in [-0.39, 0.29) is 22.4 Å². The molecule has 1 atom stereocenters. The number of benzene rings is 8. The Labute approximate surface area is 450 Å². The normalized spacial score (nSPS) is 14.9. The fourth-order valence-corrected chi connectivity index (χ4v) is 12.2. The van der Waals surface area contributed by atoms with Crippen molar-refractivity contribution < 1.29 is 28.2 Å². The van der Waals surface area contributed by atoms with Gasteiger partial charge in [-0.05, 0) is 41.1 Å². The minimum Gasteiger partial charge on any atom is -0.238 e. The molecule has 0 radical (unpaired) electrons. The number of imidazole rings is 1. The first-order valence-electron chi connectivity index (χ1n) is 27.3. The molecule has 1 unspecified atom stereocenters. The summed E-state index contributed by atoms with van der Waals surface area (Å²) in [6.45, 7) is 11.0. The van der Waals surface area contributed by atoms with Gasteiger partial charge in [-0.25, -0.2) is 4.98 Å². The molecule has 0 spiro atoms. The van der Waals surface area contributed by atoms with Crippen LogP contribution in [0.1, 0.15) is 98.8 Å². The molecule has 6 heteroatoms. The van der Waals surface area contributed by atoms with Crippen molar-refractivity contribution in [1.29, 1.82) is 0 Å². The Morgan fingerprint density at radius 1 is 0.581 bits per heavy atom. The second-order valence-electron chi connectivity index (χ2n) is 21.8. The van der Waals surface area contributed by atoms with Crippen LogP contribution < -0.4 is 4.74 Å². The van der Waals surface area contributed by atoms with Gasteiger partial charge in [0.05, 0.1) is 0 Å². The number of pyridine rings is 1. The maximum atomic E-state index is 8.72. The molecule has 0 saturated carbocycles. The van der Waals surface area contributed by atoms with Crippen molar-refractivity contribution in [2.24, 2.45) is 0 Å². The molecule has 74 heavy (non-hydrogen) atoms. The molecule has 1 aliphatic rings. The number of aryl methyl sites for hydroxylation is 2. The standard InChI is InChI=1S/C68H60N4O.Pt/c1-45-38-65(69-43-59(45)49-30-33-50(34-31-49)67(2,3)4)72-61-27-17-15-25-54(61)55-37-36-53(42-64(55)72)73-52-35-32-48-24-14-16-26-60(56(48)41-52)70-44-71(63-29-19-18-28-62(63)70)66-57(46-20-10-8-11-21-46)39-51(68(5,6)7)40-58(66)47-22-12-9-13-23-47;/h8-13,15,17-23,25,27-40,43,60H,14,16,24,26H2,1-7H3;/q-2;/i1D3;. The molecular weight excluding hydrogens is 1080 g/mol. The fraction of sp³-hybridized carbons (Fsp3) is 0.206. The first-order chi connectivity index (χ1) is 37.0. The molecule has 0 saturated heterocycles. The van der Waals surface area contributed by atoms with E-state index in [1.165, 1.54) is 38.9 Å².